The number of likely N-dealkylation sites (N-methyl/N-ethyl adjacent to an activating group) is 1. The van der Waals surface area contributed by atoms with E-state index in [1.165, 1.54) is 6.20 Å². The molecule has 2 N–H and O–H groups in total. The van der Waals surface area contributed by atoms with Crippen molar-refractivity contribution in [2.75, 3.05) is 42.9 Å². The van der Waals surface area contributed by atoms with Crippen LogP contribution in [0.2, 0.25) is 0 Å². The van der Waals surface area contributed by atoms with Crippen LogP contribution in [0.1, 0.15) is 17.4 Å². The van der Waals surface area contributed by atoms with Crippen LogP contribution in [0.25, 0.3) is 0 Å². The Morgan fingerprint density at radius 3 is 2.82 bits per heavy atom. The molecule has 1 fully saturated rings. The molecule has 3 heterocycles. The SMILES string of the molecule is CCN1CCN(c2cncc(C(=O)Nc3nn[nH]n3)n2)CC1. The average Bonchev–Trinajstić information content (AvgIpc) is 3.08. The quantitative estimate of drug-likeness (QED) is 0.768. The Labute approximate surface area is 126 Å². The molecule has 0 radical (unpaired) electrons. The third kappa shape index (κ3) is 3.17. The van der Waals surface area contributed by atoms with Crippen LogP contribution >= 0.6 is 0 Å². The minimum Gasteiger partial charge on any atom is -0.353 e. The molecule has 0 saturated carbocycles. The van der Waals surface area contributed by atoms with Gasteiger partial charge < -0.3 is 9.80 Å². The number of anilines is 2. The van der Waals surface area contributed by atoms with Crippen molar-refractivity contribution in [3.63, 3.8) is 0 Å². The Morgan fingerprint density at radius 1 is 1.32 bits per heavy atom. The smallest absolute Gasteiger partial charge is 0.278 e. The molecular weight excluding hydrogens is 286 g/mol. The number of hydrogen-bond donors (Lipinski definition) is 2. The number of amides is 1. The van der Waals surface area contributed by atoms with Crippen molar-refractivity contribution in [2.24, 2.45) is 0 Å². The van der Waals surface area contributed by atoms with Gasteiger partial charge >= 0.3 is 0 Å². The van der Waals surface area contributed by atoms with Crippen LogP contribution in [0, 0.1) is 0 Å². The summed E-state index contributed by atoms with van der Waals surface area (Å²) in [6.45, 7) is 6.91. The van der Waals surface area contributed by atoms with Crippen molar-refractivity contribution in [3.8, 4) is 0 Å². The maximum Gasteiger partial charge on any atom is 0.278 e. The summed E-state index contributed by atoms with van der Waals surface area (Å²) in [6.07, 6.45) is 3.09. The summed E-state index contributed by atoms with van der Waals surface area (Å²) < 4.78 is 0. The fourth-order valence-corrected chi connectivity index (χ4v) is 2.29. The Hall–Kier alpha value is -2.62. The summed E-state index contributed by atoms with van der Waals surface area (Å²) in [5.41, 5.74) is 0.222. The van der Waals surface area contributed by atoms with Gasteiger partial charge in [0.25, 0.3) is 11.9 Å². The van der Waals surface area contributed by atoms with E-state index in [0.717, 1.165) is 32.7 Å². The number of tetrazole rings is 1. The fraction of sp³-hybridized carbons (Fsp3) is 0.500. The van der Waals surface area contributed by atoms with E-state index in [-0.39, 0.29) is 11.6 Å². The predicted octanol–water partition coefficient (Wildman–Crippen LogP) is -0.616. The number of carbonyl (C=O) groups is 1. The number of nitrogens with one attached hydrogen (secondary N) is 2. The molecule has 0 aromatic carbocycles. The second-order valence-corrected chi connectivity index (χ2v) is 4.87. The third-order valence-electron chi connectivity index (χ3n) is 3.57. The molecule has 0 spiro atoms. The maximum atomic E-state index is 12.1. The van der Waals surface area contributed by atoms with E-state index in [9.17, 15) is 4.79 Å². The highest BCUT2D eigenvalue weighted by Gasteiger charge is 2.19. The van der Waals surface area contributed by atoms with Gasteiger partial charge in [-0.1, -0.05) is 12.0 Å². The minimum atomic E-state index is -0.414. The molecule has 3 rings (SSSR count). The van der Waals surface area contributed by atoms with E-state index in [1.807, 2.05) is 0 Å². The van der Waals surface area contributed by atoms with Gasteiger partial charge in [0.1, 0.15) is 11.5 Å². The highest BCUT2D eigenvalue weighted by molar-refractivity contribution is 6.01. The van der Waals surface area contributed by atoms with Crippen molar-refractivity contribution < 1.29 is 4.79 Å². The summed E-state index contributed by atoms with van der Waals surface area (Å²) >= 11 is 0. The van der Waals surface area contributed by atoms with E-state index < -0.39 is 5.91 Å². The van der Waals surface area contributed by atoms with Crippen LogP contribution in [0.15, 0.2) is 12.4 Å². The molecule has 2 aromatic rings. The van der Waals surface area contributed by atoms with Gasteiger partial charge in [-0.15, -0.1) is 5.10 Å². The van der Waals surface area contributed by atoms with Gasteiger partial charge in [0.15, 0.2) is 0 Å². The lowest BCUT2D eigenvalue weighted by Crippen LogP contribution is -2.46. The van der Waals surface area contributed by atoms with Crippen LogP contribution in [0.4, 0.5) is 11.8 Å². The first-order chi connectivity index (χ1) is 10.8. The van der Waals surface area contributed by atoms with Gasteiger partial charge in [0.2, 0.25) is 0 Å². The van der Waals surface area contributed by atoms with Crippen LogP contribution in [0.5, 0.6) is 0 Å². The molecule has 2 aromatic heterocycles. The topological polar surface area (TPSA) is 116 Å². The lowest BCUT2D eigenvalue weighted by molar-refractivity contribution is 0.102. The summed E-state index contributed by atoms with van der Waals surface area (Å²) in [4.78, 5) is 25.1. The molecular formula is C12H17N9O. The molecule has 0 bridgehead atoms. The van der Waals surface area contributed by atoms with Crippen molar-refractivity contribution >= 4 is 17.7 Å². The summed E-state index contributed by atoms with van der Waals surface area (Å²) in [5.74, 6) is 0.397. The van der Waals surface area contributed by atoms with Gasteiger partial charge in [-0.25, -0.2) is 4.98 Å². The first-order valence-electron chi connectivity index (χ1n) is 7.10. The Morgan fingerprint density at radius 2 is 2.14 bits per heavy atom. The van der Waals surface area contributed by atoms with Gasteiger partial charge in [-0.05, 0) is 11.8 Å². The lowest BCUT2D eigenvalue weighted by atomic mass is 10.3. The Kier molecular flexibility index (Phi) is 4.19. The first kappa shape index (κ1) is 14.3. The lowest BCUT2D eigenvalue weighted by Gasteiger charge is -2.34. The zero-order chi connectivity index (χ0) is 15.4. The molecule has 0 aliphatic carbocycles. The second kappa shape index (κ2) is 6.43. The van der Waals surface area contributed by atoms with Gasteiger partial charge in [0, 0.05) is 26.2 Å². The highest BCUT2D eigenvalue weighted by atomic mass is 16.2. The molecule has 10 nitrogen and oxygen atoms in total. The molecule has 1 aliphatic heterocycles. The van der Waals surface area contributed by atoms with Crippen LogP contribution in [-0.4, -0.2) is 74.1 Å². The van der Waals surface area contributed by atoms with Crippen LogP contribution < -0.4 is 10.2 Å². The molecule has 1 aliphatic rings. The largest absolute Gasteiger partial charge is 0.353 e. The van der Waals surface area contributed by atoms with Gasteiger partial charge in [-0.3, -0.25) is 15.1 Å². The van der Waals surface area contributed by atoms with Crippen LogP contribution in [-0.2, 0) is 0 Å². The molecule has 10 heteroatoms. The summed E-state index contributed by atoms with van der Waals surface area (Å²) in [5, 5.41) is 15.5. The number of piperazine rings is 1. The summed E-state index contributed by atoms with van der Waals surface area (Å²) in [6, 6.07) is 0. The zero-order valence-corrected chi connectivity index (χ0v) is 12.2. The highest BCUT2D eigenvalue weighted by Crippen LogP contribution is 2.13. The monoisotopic (exact) mass is 303 g/mol. The van der Waals surface area contributed by atoms with Crippen molar-refractivity contribution in [1.29, 1.82) is 0 Å². The average molecular weight is 303 g/mol. The fourth-order valence-electron chi connectivity index (χ4n) is 2.29. The summed E-state index contributed by atoms with van der Waals surface area (Å²) in [7, 11) is 0. The molecule has 0 unspecified atom stereocenters. The number of nitrogens with zero attached hydrogens (tertiary/aromatic N) is 7. The van der Waals surface area contributed by atoms with Crippen LogP contribution in [0.3, 0.4) is 0 Å². The van der Waals surface area contributed by atoms with Crippen molar-refractivity contribution in [3.05, 3.63) is 18.1 Å². The number of carbonyl (C=O) groups excluding carboxylic acids is 1. The Bertz CT molecular complexity index is 621. The van der Waals surface area contributed by atoms with E-state index in [4.69, 9.17) is 0 Å². The molecule has 0 atom stereocenters. The second-order valence-electron chi connectivity index (χ2n) is 4.87. The van der Waals surface area contributed by atoms with Gasteiger partial charge in [0.05, 0.1) is 12.4 Å². The standard InChI is InChI=1S/C12H17N9O/c1-2-20-3-5-21(6-4-20)10-8-13-7-9(14-10)11(22)15-12-16-18-19-17-12/h7-8H,2-6H2,1H3,(H2,15,16,17,18,19,22). The molecule has 1 saturated heterocycles. The molecule has 1 amide bonds. The number of aromatic amines is 1. The van der Waals surface area contributed by atoms with E-state index in [1.54, 1.807) is 6.20 Å². The van der Waals surface area contributed by atoms with Gasteiger partial charge in [-0.2, -0.15) is 5.21 Å². The van der Waals surface area contributed by atoms with E-state index in [2.05, 4.69) is 52.6 Å². The van der Waals surface area contributed by atoms with E-state index >= 15 is 0 Å². The third-order valence-corrected chi connectivity index (χ3v) is 3.57. The predicted molar refractivity (Wildman–Crippen MR) is 78.5 cm³/mol. The number of hydrogen-bond acceptors (Lipinski definition) is 8. The van der Waals surface area contributed by atoms with Crippen molar-refractivity contribution in [2.45, 2.75) is 6.92 Å². The molecule has 116 valence electrons. The minimum absolute atomic E-state index is 0.105. The van der Waals surface area contributed by atoms with E-state index in [0.29, 0.717) is 5.82 Å². The normalized spacial score (nSPS) is 15.8. The number of H-pyrrole nitrogens is 1. The van der Waals surface area contributed by atoms with Crippen molar-refractivity contribution in [1.82, 2.24) is 35.5 Å². The zero-order valence-electron chi connectivity index (χ0n) is 12.2. The first-order valence-corrected chi connectivity index (χ1v) is 7.10. The molecule has 22 heavy (non-hydrogen) atoms. The Balaban J connectivity index is 1.68. The number of aromatic nitrogens is 6. The maximum absolute atomic E-state index is 12.1. The number of rotatable bonds is 4.